The van der Waals surface area contributed by atoms with Crippen LogP contribution >= 0.6 is 11.6 Å². The molecule has 2 rings (SSSR count). The van der Waals surface area contributed by atoms with Gasteiger partial charge in [0.1, 0.15) is 11.6 Å². The number of benzene rings is 1. The standard InChI is InChI=1S/C14H12ClFN2O2/c1-2-10-5-8(14(19)20)6-13(17-10)18-12-7-9(16)3-4-11(12)15/h3-7H,2H2,1H3,(H,17,18)(H,19,20). The fourth-order valence-electron chi connectivity index (χ4n) is 1.69. The molecule has 0 aliphatic heterocycles. The first-order valence-electron chi connectivity index (χ1n) is 5.96. The molecule has 1 aromatic heterocycles. The van der Waals surface area contributed by atoms with Crippen LogP contribution in [0.25, 0.3) is 0 Å². The second-order valence-corrected chi connectivity index (χ2v) is 4.55. The van der Waals surface area contributed by atoms with Crippen molar-refractivity contribution in [3.63, 3.8) is 0 Å². The molecule has 2 aromatic rings. The SMILES string of the molecule is CCc1cc(C(=O)O)cc(Nc2cc(F)ccc2Cl)n1. The summed E-state index contributed by atoms with van der Waals surface area (Å²) in [7, 11) is 0. The summed E-state index contributed by atoms with van der Waals surface area (Å²) in [5.74, 6) is -1.17. The molecule has 4 nitrogen and oxygen atoms in total. The molecule has 104 valence electrons. The number of aromatic nitrogens is 1. The summed E-state index contributed by atoms with van der Waals surface area (Å²) < 4.78 is 13.2. The average molecular weight is 295 g/mol. The molecule has 0 fully saturated rings. The Bertz CT molecular complexity index is 662. The molecule has 0 saturated carbocycles. The van der Waals surface area contributed by atoms with E-state index in [1.165, 1.54) is 30.3 Å². The first kappa shape index (κ1) is 14.3. The Morgan fingerprint density at radius 3 is 2.80 bits per heavy atom. The first-order chi connectivity index (χ1) is 9.49. The van der Waals surface area contributed by atoms with E-state index in [0.29, 0.717) is 28.6 Å². The maximum atomic E-state index is 13.2. The van der Waals surface area contributed by atoms with Gasteiger partial charge in [-0.3, -0.25) is 0 Å². The van der Waals surface area contributed by atoms with Crippen molar-refractivity contribution in [2.45, 2.75) is 13.3 Å². The highest BCUT2D eigenvalue weighted by Gasteiger charge is 2.09. The van der Waals surface area contributed by atoms with Crippen LogP contribution in [0.2, 0.25) is 5.02 Å². The van der Waals surface area contributed by atoms with Gasteiger partial charge in [0, 0.05) is 5.69 Å². The van der Waals surface area contributed by atoms with Crippen molar-refractivity contribution in [1.29, 1.82) is 0 Å². The minimum absolute atomic E-state index is 0.117. The number of carboxylic acid groups (broad SMARTS) is 1. The Hall–Kier alpha value is -2.14. The van der Waals surface area contributed by atoms with E-state index in [4.69, 9.17) is 16.7 Å². The normalized spacial score (nSPS) is 10.3. The zero-order valence-corrected chi connectivity index (χ0v) is 11.4. The van der Waals surface area contributed by atoms with Crippen molar-refractivity contribution >= 4 is 29.1 Å². The predicted molar refractivity (Wildman–Crippen MR) is 75.3 cm³/mol. The molecule has 0 aliphatic rings. The molecule has 1 heterocycles. The highest BCUT2D eigenvalue weighted by atomic mass is 35.5. The van der Waals surface area contributed by atoms with Crippen molar-refractivity contribution in [2.24, 2.45) is 0 Å². The molecule has 0 radical (unpaired) electrons. The van der Waals surface area contributed by atoms with Crippen LogP contribution < -0.4 is 5.32 Å². The number of aromatic carboxylic acids is 1. The fraction of sp³-hybridized carbons (Fsp3) is 0.143. The number of aryl methyl sites for hydroxylation is 1. The maximum absolute atomic E-state index is 13.2. The van der Waals surface area contributed by atoms with Gasteiger partial charge in [-0.1, -0.05) is 18.5 Å². The van der Waals surface area contributed by atoms with Crippen LogP contribution in [0.1, 0.15) is 23.0 Å². The van der Waals surface area contributed by atoms with Gasteiger partial charge in [-0.15, -0.1) is 0 Å². The summed E-state index contributed by atoms with van der Waals surface area (Å²) in [6.45, 7) is 1.87. The molecule has 0 spiro atoms. The van der Waals surface area contributed by atoms with Crippen molar-refractivity contribution in [3.05, 3.63) is 52.4 Å². The number of carbonyl (C=O) groups is 1. The number of hydrogen-bond donors (Lipinski definition) is 2. The van der Waals surface area contributed by atoms with Crippen LogP contribution in [-0.2, 0) is 6.42 Å². The number of hydrogen-bond acceptors (Lipinski definition) is 3. The van der Waals surface area contributed by atoms with Crippen molar-refractivity contribution in [1.82, 2.24) is 4.98 Å². The molecule has 0 unspecified atom stereocenters. The molecular weight excluding hydrogens is 283 g/mol. The molecule has 6 heteroatoms. The molecule has 0 saturated heterocycles. The summed E-state index contributed by atoms with van der Waals surface area (Å²) in [6, 6.07) is 6.76. The Kier molecular flexibility index (Phi) is 4.20. The Morgan fingerprint density at radius 2 is 2.15 bits per heavy atom. The van der Waals surface area contributed by atoms with E-state index >= 15 is 0 Å². The monoisotopic (exact) mass is 294 g/mol. The fourth-order valence-corrected chi connectivity index (χ4v) is 1.85. The summed E-state index contributed by atoms with van der Waals surface area (Å²) in [5, 5.41) is 12.2. The minimum Gasteiger partial charge on any atom is -0.478 e. The quantitative estimate of drug-likeness (QED) is 0.898. The predicted octanol–water partition coefficient (Wildman–Crippen LogP) is 3.88. The minimum atomic E-state index is -1.05. The third-order valence-corrected chi connectivity index (χ3v) is 3.01. The van der Waals surface area contributed by atoms with Gasteiger partial charge in [0.15, 0.2) is 0 Å². The highest BCUT2D eigenvalue weighted by Crippen LogP contribution is 2.26. The summed E-state index contributed by atoms with van der Waals surface area (Å²) in [6.07, 6.45) is 0.590. The molecule has 0 atom stereocenters. The van der Waals surface area contributed by atoms with Gasteiger partial charge in [0.2, 0.25) is 0 Å². The lowest BCUT2D eigenvalue weighted by molar-refractivity contribution is 0.0696. The van der Waals surface area contributed by atoms with E-state index in [1.807, 2.05) is 6.92 Å². The number of rotatable bonds is 4. The average Bonchev–Trinajstić information content (AvgIpc) is 2.42. The summed E-state index contributed by atoms with van der Waals surface area (Å²) >= 11 is 5.95. The van der Waals surface area contributed by atoms with Gasteiger partial charge in [-0.2, -0.15) is 0 Å². The number of nitrogens with zero attached hydrogens (tertiary/aromatic N) is 1. The largest absolute Gasteiger partial charge is 0.478 e. The second-order valence-electron chi connectivity index (χ2n) is 4.14. The smallest absolute Gasteiger partial charge is 0.335 e. The number of carboxylic acids is 1. The third kappa shape index (κ3) is 3.24. The number of anilines is 2. The van der Waals surface area contributed by atoms with Gasteiger partial charge >= 0.3 is 5.97 Å². The van der Waals surface area contributed by atoms with Crippen LogP contribution in [0.4, 0.5) is 15.9 Å². The van der Waals surface area contributed by atoms with Crippen LogP contribution in [0.3, 0.4) is 0 Å². The van der Waals surface area contributed by atoms with E-state index in [2.05, 4.69) is 10.3 Å². The lowest BCUT2D eigenvalue weighted by Gasteiger charge is -2.10. The van der Waals surface area contributed by atoms with Gasteiger partial charge in [-0.25, -0.2) is 14.2 Å². The van der Waals surface area contributed by atoms with Crippen LogP contribution in [-0.4, -0.2) is 16.1 Å². The number of halogens is 2. The molecule has 0 amide bonds. The molecule has 1 aromatic carbocycles. The van der Waals surface area contributed by atoms with E-state index in [-0.39, 0.29) is 5.56 Å². The number of nitrogens with one attached hydrogen (secondary N) is 1. The first-order valence-corrected chi connectivity index (χ1v) is 6.33. The summed E-state index contributed by atoms with van der Waals surface area (Å²) in [5.41, 5.74) is 1.08. The molecule has 0 aliphatic carbocycles. The van der Waals surface area contributed by atoms with Crippen LogP contribution in [0.5, 0.6) is 0 Å². The Labute approximate surface area is 120 Å². The number of pyridine rings is 1. The van der Waals surface area contributed by atoms with Crippen LogP contribution in [0, 0.1) is 5.82 Å². The second kappa shape index (κ2) is 5.88. The highest BCUT2D eigenvalue weighted by molar-refractivity contribution is 6.33. The molecule has 20 heavy (non-hydrogen) atoms. The van der Waals surface area contributed by atoms with Crippen molar-refractivity contribution < 1.29 is 14.3 Å². The van der Waals surface area contributed by atoms with Crippen LogP contribution in [0.15, 0.2) is 30.3 Å². The summed E-state index contributed by atoms with van der Waals surface area (Å²) in [4.78, 5) is 15.3. The van der Waals surface area contributed by atoms with Crippen molar-refractivity contribution in [2.75, 3.05) is 5.32 Å². The molecule has 2 N–H and O–H groups in total. The van der Waals surface area contributed by atoms with Crippen molar-refractivity contribution in [3.8, 4) is 0 Å². The van der Waals surface area contributed by atoms with Gasteiger partial charge in [0.25, 0.3) is 0 Å². The van der Waals surface area contributed by atoms with Gasteiger partial charge in [-0.05, 0) is 36.8 Å². The molecule has 0 bridgehead atoms. The van der Waals surface area contributed by atoms with Gasteiger partial charge < -0.3 is 10.4 Å². The maximum Gasteiger partial charge on any atom is 0.335 e. The van der Waals surface area contributed by atoms with E-state index in [9.17, 15) is 9.18 Å². The van der Waals surface area contributed by atoms with E-state index < -0.39 is 11.8 Å². The molecular formula is C14H12ClFN2O2. The third-order valence-electron chi connectivity index (χ3n) is 2.68. The lowest BCUT2D eigenvalue weighted by atomic mass is 10.2. The lowest BCUT2D eigenvalue weighted by Crippen LogP contribution is -2.03. The zero-order chi connectivity index (χ0) is 14.7. The van der Waals surface area contributed by atoms with E-state index in [0.717, 1.165) is 0 Å². The Morgan fingerprint density at radius 1 is 1.40 bits per heavy atom. The van der Waals surface area contributed by atoms with E-state index in [1.54, 1.807) is 0 Å². The Balaban J connectivity index is 2.39. The topological polar surface area (TPSA) is 62.2 Å². The zero-order valence-electron chi connectivity index (χ0n) is 10.7. The van der Waals surface area contributed by atoms with Gasteiger partial charge in [0.05, 0.1) is 16.3 Å².